The Morgan fingerprint density at radius 3 is 2.59 bits per heavy atom. The molecule has 8 nitrogen and oxygen atoms in total. The lowest BCUT2D eigenvalue weighted by Crippen LogP contribution is -2.14. The van der Waals surface area contributed by atoms with Crippen molar-refractivity contribution in [3.05, 3.63) is 80.8 Å². The van der Waals surface area contributed by atoms with Crippen LogP contribution in [-0.2, 0) is 11.2 Å². The maximum atomic E-state index is 12.3. The number of benzene rings is 2. The summed E-state index contributed by atoms with van der Waals surface area (Å²) in [6.45, 7) is 1.60. The number of nitrogens with one attached hydrogen (secondary N) is 2. The number of aromatic nitrogens is 1. The molecule has 0 radical (unpaired) electrons. The molecule has 1 aromatic heterocycles. The zero-order valence-electron chi connectivity index (χ0n) is 15.5. The van der Waals surface area contributed by atoms with Crippen molar-refractivity contribution in [2.75, 3.05) is 10.6 Å². The first-order valence-corrected chi connectivity index (χ1v) is 9.66. The van der Waals surface area contributed by atoms with Crippen LogP contribution in [0.25, 0.3) is 0 Å². The Morgan fingerprint density at radius 1 is 1.14 bits per heavy atom. The molecule has 0 aliphatic carbocycles. The van der Waals surface area contributed by atoms with E-state index in [9.17, 15) is 19.7 Å². The highest BCUT2D eigenvalue weighted by Crippen LogP contribution is 2.23. The fourth-order valence-electron chi connectivity index (χ4n) is 2.65. The lowest BCUT2D eigenvalue weighted by molar-refractivity contribution is -0.385. The molecular formula is C20H18N4O4S. The predicted molar refractivity (Wildman–Crippen MR) is 111 cm³/mol. The van der Waals surface area contributed by atoms with E-state index in [1.54, 1.807) is 12.3 Å². The van der Waals surface area contributed by atoms with Gasteiger partial charge in [-0.05, 0) is 31.0 Å². The molecule has 0 saturated carbocycles. The second-order valence-electron chi connectivity index (χ2n) is 6.28. The first-order valence-electron chi connectivity index (χ1n) is 8.78. The lowest BCUT2D eigenvalue weighted by atomic mass is 10.1. The normalized spacial score (nSPS) is 10.4. The Balaban J connectivity index is 1.56. The van der Waals surface area contributed by atoms with Crippen LogP contribution in [0.1, 0.15) is 28.0 Å². The van der Waals surface area contributed by atoms with Gasteiger partial charge in [0.2, 0.25) is 5.91 Å². The topological polar surface area (TPSA) is 114 Å². The van der Waals surface area contributed by atoms with Gasteiger partial charge < -0.3 is 10.6 Å². The van der Waals surface area contributed by atoms with Crippen LogP contribution in [0.3, 0.4) is 0 Å². The standard InChI is InChI=1S/C20H18N4O4S/c1-13-11-15(8-9-17(13)24(27)28)21-19(26)16-12-29-20(22-16)23-18(25)10-7-14-5-3-2-4-6-14/h2-6,8-9,11-12H,7,10H2,1H3,(H,21,26)(H,22,23,25). The molecule has 2 amide bonds. The summed E-state index contributed by atoms with van der Waals surface area (Å²) < 4.78 is 0. The van der Waals surface area contributed by atoms with Crippen LogP contribution in [0, 0.1) is 17.0 Å². The number of anilines is 2. The molecule has 29 heavy (non-hydrogen) atoms. The Hall–Kier alpha value is -3.59. The zero-order valence-corrected chi connectivity index (χ0v) is 16.4. The van der Waals surface area contributed by atoms with Gasteiger partial charge in [0.25, 0.3) is 11.6 Å². The number of thiazole rings is 1. The third-order valence-corrected chi connectivity index (χ3v) is 4.88. The summed E-state index contributed by atoms with van der Waals surface area (Å²) in [4.78, 5) is 38.9. The summed E-state index contributed by atoms with van der Waals surface area (Å²) in [5.74, 6) is -0.638. The van der Waals surface area contributed by atoms with Crippen molar-refractivity contribution in [3.63, 3.8) is 0 Å². The summed E-state index contributed by atoms with van der Waals surface area (Å²) >= 11 is 1.15. The van der Waals surface area contributed by atoms with Gasteiger partial charge >= 0.3 is 0 Å². The van der Waals surface area contributed by atoms with E-state index >= 15 is 0 Å². The van der Waals surface area contributed by atoms with Crippen LogP contribution in [0.2, 0.25) is 0 Å². The Kier molecular flexibility index (Phi) is 6.30. The number of rotatable bonds is 7. The average Bonchev–Trinajstić information content (AvgIpc) is 3.15. The van der Waals surface area contributed by atoms with E-state index in [4.69, 9.17) is 0 Å². The number of nitro benzene ring substituents is 1. The number of carbonyl (C=O) groups is 2. The number of hydrogen-bond acceptors (Lipinski definition) is 6. The van der Waals surface area contributed by atoms with Gasteiger partial charge in [-0.3, -0.25) is 19.7 Å². The number of amides is 2. The Morgan fingerprint density at radius 2 is 1.90 bits per heavy atom. The van der Waals surface area contributed by atoms with Crippen molar-refractivity contribution in [1.29, 1.82) is 0 Å². The minimum Gasteiger partial charge on any atom is -0.321 e. The second-order valence-corrected chi connectivity index (χ2v) is 7.14. The molecule has 0 atom stereocenters. The predicted octanol–water partition coefficient (Wildman–Crippen LogP) is 4.18. The van der Waals surface area contributed by atoms with E-state index in [-0.39, 0.29) is 17.3 Å². The number of nitro groups is 1. The van der Waals surface area contributed by atoms with Gasteiger partial charge in [-0.2, -0.15) is 0 Å². The molecule has 1 heterocycles. The van der Waals surface area contributed by atoms with Gasteiger partial charge in [0.1, 0.15) is 5.69 Å². The molecule has 148 valence electrons. The first kappa shape index (κ1) is 20.2. The van der Waals surface area contributed by atoms with Crippen molar-refractivity contribution in [2.24, 2.45) is 0 Å². The molecule has 9 heteroatoms. The monoisotopic (exact) mass is 410 g/mol. The van der Waals surface area contributed by atoms with Crippen LogP contribution >= 0.6 is 11.3 Å². The van der Waals surface area contributed by atoms with Crippen molar-refractivity contribution < 1.29 is 14.5 Å². The van der Waals surface area contributed by atoms with Crippen molar-refractivity contribution >= 4 is 39.7 Å². The van der Waals surface area contributed by atoms with E-state index in [1.165, 1.54) is 18.2 Å². The Bertz CT molecular complexity index is 1050. The summed E-state index contributed by atoms with van der Waals surface area (Å²) in [6.07, 6.45) is 0.929. The molecule has 0 aliphatic heterocycles. The molecule has 2 aromatic carbocycles. The number of nitrogens with zero attached hydrogens (tertiary/aromatic N) is 2. The maximum absolute atomic E-state index is 12.3. The zero-order chi connectivity index (χ0) is 20.8. The third-order valence-electron chi connectivity index (χ3n) is 4.12. The molecule has 0 bridgehead atoms. The van der Waals surface area contributed by atoms with Crippen LogP contribution in [-0.4, -0.2) is 21.7 Å². The molecule has 3 aromatic rings. The first-order chi connectivity index (χ1) is 13.9. The van der Waals surface area contributed by atoms with E-state index in [0.29, 0.717) is 29.2 Å². The quantitative estimate of drug-likeness (QED) is 0.448. The van der Waals surface area contributed by atoms with Crippen LogP contribution in [0.5, 0.6) is 0 Å². The van der Waals surface area contributed by atoms with Crippen LogP contribution in [0.4, 0.5) is 16.5 Å². The highest BCUT2D eigenvalue weighted by molar-refractivity contribution is 7.14. The average molecular weight is 410 g/mol. The molecule has 0 saturated heterocycles. The number of carbonyl (C=O) groups excluding carboxylic acids is 2. The molecular weight excluding hydrogens is 392 g/mol. The smallest absolute Gasteiger partial charge is 0.275 e. The highest BCUT2D eigenvalue weighted by Gasteiger charge is 2.15. The SMILES string of the molecule is Cc1cc(NC(=O)c2csc(NC(=O)CCc3ccccc3)n2)ccc1[N+](=O)[O-]. The summed E-state index contributed by atoms with van der Waals surface area (Å²) in [5, 5.41) is 18.1. The summed E-state index contributed by atoms with van der Waals surface area (Å²) in [6, 6.07) is 14.0. The van der Waals surface area contributed by atoms with Crippen molar-refractivity contribution in [3.8, 4) is 0 Å². The molecule has 0 spiro atoms. The number of aryl methyl sites for hydroxylation is 2. The minimum atomic E-state index is -0.478. The van der Waals surface area contributed by atoms with Crippen LogP contribution < -0.4 is 10.6 Å². The highest BCUT2D eigenvalue weighted by atomic mass is 32.1. The fraction of sp³-hybridized carbons (Fsp3) is 0.150. The Labute approximate surface area is 170 Å². The maximum Gasteiger partial charge on any atom is 0.275 e. The van der Waals surface area contributed by atoms with E-state index in [2.05, 4.69) is 15.6 Å². The van der Waals surface area contributed by atoms with Crippen molar-refractivity contribution in [1.82, 2.24) is 4.98 Å². The van der Waals surface area contributed by atoms with Gasteiger partial charge in [0.05, 0.1) is 4.92 Å². The van der Waals surface area contributed by atoms with E-state index < -0.39 is 10.8 Å². The van der Waals surface area contributed by atoms with Gasteiger partial charge in [-0.1, -0.05) is 30.3 Å². The van der Waals surface area contributed by atoms with E-state index in [0.717, 1.165) is 16.9 Å². The molecule has 0 aliphatic rings. The molecule has 0 fully saturated rings. The van der Waals surface area contributed by atoms with Crippen LogP contribution in [0.15, 0.2) is 53.9 Å². The van der Waals surface area contributed by atoms with E-state index in [1.807, 2.05) is 30.3 Å². The van der Waals surface area contributed by atoms with Gasteiger partial charge in [-0.15, -0.1) is 11.3 Å². The van der Waals surface area contributed by atoms with Gasteiger partial charge in [-0.25, -0.2) is 4.98 Å². The number of hydrogen-bond donors (Lipinski definition) is 2. The van der Waals surface area contributed by atoms with Gasteiger partial charge in [0, 0.05) is 29.1 Å². The fourth-order valence-corrected chi connectivity index (χ4v) is 3.36. The second kappa shape index (κ2) is 9.07. The lowest BCUT2D eigenvalue weighted by Gasteiger charge is -2.05. The summed E-state index contributed by atoms with van der Waals surface area (Å²) in [7, 11) is 0. The summed E-state index contributed by atoms with van der Waals surface area (Å²) in [5.41, 5.74) is 2.08. The van der Waals surface area contributed by atoms with Crippen molar-refractivity contribution in [2.45, 2.75) is 19.8 Å². The molecule has 0 unspecified atom stereocenters. The van der Waals surface area contributed by atoms with Gasteiger partial charge in [0.15, 0.2) is 5.13 Å². The third kappa shape index (κ3) is 5.45. The largest absolute Gasteiger partial charge is 0.321 e. The molecule has 3 rings (SSSR count). The molecule has 2 N–H and O–H groups in total. The minimum absolute atomic E-state index is 0.0165.